The molecule has 2 rings (SSSR count). The van der Waals surface area contributed by atoms with Crippen LogP contribution in [-0.4, -0.2) is 16.3 Å². The van der Waals surface area contributed by atoms with E-state index in [4.69, 9.17) is 0 Å². The fourth-order valence-corrected chi connectivity index (χ4v) is 1.93. The lowest BCUT2D eigenvalue weighted by molar-refractivity contribution is -0.137. The molecule has 1 aromatic carbocycles. The number of alkyl halides is 3. The molecule has 0 bridgehead atoms. The molecule has 1 aromatic heterocycles. The van der Waals surface area contributed by atoms with Gasteiger partial charge in [-0.2, -0.15) is 18.3 Å². The van der Waals surface area contributed by atoms with E-state index >= 15 is 0 Å². The van der Waals surface area contributed by atoms with Crippen molar-refractivity contribution in [2.75, 3.05) is 6.54 Å². The predicted octanol–water partition coefficient (Wildman–Crippen LogP) is 3.25. The summed E-state index contributed by atoms with van der Waals surface area (Å²) in [5, 5.41) is 7.25. The van der Waals surface area contributed by atoms with Crippen LogP contribution < -0.4 is 5.32 Å². The molecule has 1 atom stereocenters. The number of aromatic nitrogens is 2. The Bertz CT molecular complexity index is 535. The molecule has 0 amide bonds. The maximum atomic E-state index is 12.6. The summed E-state index contributed by atoms with van der Waals surface area (Å²) < 4.78 is 39.7. The van der Waals surface area contributed by atoms with Crippen molar-refractivity contribution < 1.29 is 13.2 Å². The van der Waals surface area contributed by atoms with Crippen molar-refractivity contribution in [1.29, 1.82) is 0 Å². The number of rotatable bonds is 5. The van der Waals surface area contributed by atoms with Gasteiger partial charge in [0.15, 0.2) is 0 Å². The average molecular weight is 283 g/mol. The molecule has 0 saturated carbocycles. The Balaban J connectivity index is 1.93. The smallest absolute Gasteiger partial charge is 0.308 e. The predicted molar refractivity (Wildman–Crippen MR) is 70.1 cm³/mol. The molecule has 1 unspecified atom stereocenters. The largest absolute Gasteiger partial charge is 0.416 e. The zero-order valence-corrected chi connectivity index (χ0v) is 11.1. The van der Waals surface area contributed by atoms with Crippen molar-refractivity contribution in [3.8, 4) is 0 Å². The van der Waals surface area contributed by atoms with Crippen molar-refractivity contribution in [2.45, 2.75) is 25.7 Å². The quantitative estimate of drug-likeness (QED) is 0.913. The second-order valence-corrected chi connectivity index (χ2v) is 4.57. The Hall–Kier alpha value is -1.82. The van der Waals surface area contributed by atoms with Crippen molar-refractivity contribution in [2.24, 2.45) is 0 Å². The molecule has 3 nitrogen and oxygen atoms in total. The Morgan fingerprint density at radius 1 is 1.30 bits per heavy atom. The fraction of sp³-hybridized carbons (Fsp3) is 0.357. The molecule has 0 saturated heterocycles. The summed E-state index contributed by atoms with van der Waals surface area (Å²) >= 11 is 0. The second kappa shape index (κ2) is 6.09. The zero-order valence-electron chi connectivity index (χ0n) is 11.1. The SMILES string of the molecule is CC(NCCn1cccn1)c1cccc(C(F)(F)F)c1. The van der Waals surface area contributed by atoms with Gasteiger partial charge in [0, 0.05) is 25.0 Å². The van der Waals surface area contributed by atoms with Crippen molar-refractivity contribution in [1.82, 2.24) is 15.1 Å². The van der Waals surface area contributed by atoms with E-state index in [9.17, 15) is 13.2 Å². The Morgan fingerprint density at radius 3 is 2.75 bits per heavy atom. The third-order valence-electron chi connectivity index (χ3n) is 3.06. The first-order chi connectivity index (χ1) is 9.47. The molecule has 0 radical (unpaired) electrons. The number of benzene rings is 1. The van der Waals surface area contributed by atoms with Crippen LogP contribution in [0.4, 0.5) is 13.2 Å². The molecular formula is C14H16F3N3. The monoisotopic (exact) mass is 283 g/mol. The average Bonchev–Trinajstić information content (AvgIpc) is 2.91. The van der Waals surface area contributed by atoms with Crippen LogP contribution in [-0.2, 0) is 12.7 Å². The first-order valence-corrected chi connectivity index (χ1v) is 6.35. The summed E-state index contributed by atoms with van der Waals surface area (Å²) in [7, 11) is 0. The summed E-state index contributed by atoms with van der Waals surface area (Å²) in [5.41, 5.74) is 0.0102. The van der Waals surface area contributed by atoms with Crippen molar-refractivity contribution in [3.63, 3.8) is 0 Å². The maximum absolute atomic E-state index is 12.6. The molecule has 0 spiro atoms. The summed E-state index contributed by atoms with van der Waals surface area (Å²) in [4.78, 5) is 0. The Kier molecular flexibility index (Phi) is 4.44. The number of nitrogens with one attached hydrogen (secondary N) is 1. The molecule has 1 N–H and O–H groups in total. The molecule has 108 valence electrons. The molecule has 6 heteroatoms. The van der Waals surface area contributed by atoms with Gasteiger partial charge in [-0.3, -0.25) is 4.68 Å². The van der Waals surface area contributed by atoms with Crippen molar-refractivity contribution >= 4 is 0 Å². The number of hydrogen-bond donors (Lipinski definition) is 1. The number of hydrogen-bond acceptors (Lipinski definition) is 2. The fourth-order valence-electron chi connectivity index (χ4n) is 1.93. The minimum Gasteiger partial charge on any atom is -0.308 e. The molecule has 0 aliphatic rings. The van der Waals surface area contributed by atoms with Crippen LogP contribution in [0.1, 0.15) is 24.1 Å². The maximum Gasteiger partial charge on any atom is 0.416 e. The van der Waals surface area contributed by atoms with Crippen LogP contribution in [0.5, 0.6) is 0 Å². The highest BCUT2D eigenvalue weighted by Crippen LogP contribution is 2.30. The van der Waals surface area contributed by atoms with Crippen LogP contribution in [0, 0.1) is 0 Å². The van der Waals surface area contributed by atoms with Gasteiger partial charge in [0.25, 0.3) is 0 Å². The summed E-state index contributed by atoms with van der Waals surface area (Å²) in [6.07, 6.45) is -0.766. The topological polar surface area (TPSA) is 29.9 Å². The van der Waals surface area contributed by atoms with Crippen LogP contribution in [0.2, 0.25) is 0 Å². The van der Waals surface area contributed by atoms with Crippen LogP contribution in [0.15, 0.2) is 42.7 Å². The summed E-state index contributed by atoms with van der Waals surface area (Å²) in [5.74, 6) is 0. The van der Waals surface area contributed by atoms with Crippen LogP contribution >= 0.6 is 0 Å². The van der Waals surface area contributed by atoms with Gasteiger partial charge in [-0.15, -0.1) is 0 Å². The van der Waals surface area contributed by atoms with Crippen LogP contribution in [0.25, 0.3) is 0 Å². The van der Waals surface area contributed by atoms with E-state index in [-0.39, 0.29) is 6.04 Å². The molecule has 20 heavy (non-hydrogen) atoms. The van der Waals surface area contributed by atoms with E-state index in [0.29, 0.717) is 18.7 Å². The third-order valence-corrected chi connectivity index (χ3v) is 3.06. The molecule has 0 aliphatic carbocycles. The van der Waals surface area contributed by atoms with Gasteiger partial charge in [0.2, 0.25) is 0 Å². The first kappa shape index (κ1) is 14.6. The van der Waals surface area contributed by atoms with Gasteiger partial charge in [-0.25, -0.2) is 0 Å². The normalized spacial score (nSPS) is 13.4. The van der Waals surface area contributed by atoms with E-state index in [2.05, 4.69) is 10.4 Å². The Labute approximate surface area is 115 Å². The highest BCUT2D eigenvalue weighted by molar-refractivity contribution is 5.27. The molecule has 0 aliphatic heterocycles. The van der Waals surface area contributed by atoms with Gasteiger partial charge in [-0.1, -0.05) is 12.1 Å². The lowest BCUT2D eigenvalue weighted by Gasteiger charge is -2.16. The number of nitrogens with zero attached hydrogens (tertiary/aromatic N) is 2. The standard InChI is InChI=1S/C14H16F3N3/c1-11(18-7-9-20-8-3-6-19-20)12-4-2-5-13(10-12)14(15,16)17/h2-6,8,10-11,18H,7,9H2,1H3. The van der Waals surface area contributed by atoms with Gasteiger partial charge in [0.05, 0.1) is 12.1 Å². The molecular weight excluding hydrogens is 267 g/mol. The van der Waals surface area contributed by atoms with E-state index in [1.54, 1.807) is 16.9 Å². The highest BCUT2D eigenvalue weighted by atomic mass is 19.4. The summed E-state index contributed by atoms with van der Waals surface area (Å²) in [6.45, 7) is 3.16. The van der Waals surface area contributed by atoms with Crippen LogP contribution in [0.3, 0.4) is 0 Å². The zero-order chi connectivity index (χ0) is 14.6. The minimum absolute atomic E-state index is 0.145. The minimum atomic E-state index is -4.30. The number of halogens is 3. The molecule has 1 heterocycles. The lowest BCUT2D eigenvalue weighted by atomic mass is 10.0. The second-order valence-electron chi connectivity index (χ2n) is 4.57. The van der Waals surface area contributed by atoms with Crippen molar-refractivity contribution in [3.05, 3.63) is 53.9 Å². The van der Waals surface area contributed by atoms with E-state index in [1.807, 2.05) is 19.2 Å². The highest BCUT2D eigenvalue weighted by Gasteiger charge is 2.30. The summed E-state index contributed by atoms with van der Waals surface area (Å²) in [6, 6.07) is 7.08. The third kappa shape index (κ3) is 3.84. The van der Waals surface area contributed by atoms with Gasteiger partial charge >= 0.3 is 6.18 Å². The molecule has 2 aromatic rings. The van der Waals surface area contributed by atoms with Gasteiger partial charge in [-0.05, 0) is 30.7 Å². The van der Waals surface area contributed by atoms with Gasteiger partial charge in [0.1, 0.15) is 0 Å². The molecule has 0 fully saturated rings. The first-order valence-electron chi connectivity index (χ1n) is 6.35. The van der Waals surface area contributed by atoms with E-state index in [0.717, 1.165) is 6.07 Å². The van der Waals surface area contributed by atoms with E-state index < -0.39 is 11.7 Å². The van der Waals surface area contributed by atoms with E-state index in [1.165, 1.54) is 12.1 Å². The Morgan fingerprint density at radius 2 is 2.10 bits per heavy atom. The van der Waals surface area contributed by atoms with Gasteiger partial charge < -0.3 is 5.32 Å². The lowest BCUT2D eigenvalue weighted by Crippen LogP contribution is -2.23.